The van der Waals surface area contributed by atoms with Crippen LogP contribution in [0.15, 0.2) is 22.7 Å². The van der Waals surface area contributed by atoms with Gasteiger partial charge in [0.25, 0.3) is 0 Å². The van der Waals surface area contributed by atoms with E-state index in [-0.39, 0.29) is 6.29 Å². The summed E-state index contributed by atoms with van der Waals surface area (Å²) in [5.74, 6) is 0. The van der Waals surface area contributed by atoms with Crippen LogP contribution in [0.1, 0.15) is 11.9 Å². The van der Waals surface area contributed by atoms with Gasteiger partial charge in [-0.25, -0.2) is 0 Å². The number of benzene rings is 1. The Labute approximate surface area is 98.1 Å². The van der Waals surface area contributed by atoms with Gasteiger partial charge in [-0.3, -0.25) is 0 Å². The highest BCUT2D eigenvalue weighted by atomic mass is 79.9. The Kier molecular flexibility index (Phi) is 3.29. The predicted molar refractivity (Wildman–Crippen MR) is 63.1 cm³/mol. The van der Waals surface area contributed by atoms with Gasteiger partial charge in [-0.05, 0) is 18.2 Å². The molecule has 0 saturated carbocycles. The van der Waals surface area contributed by atoms with Gasteiger partial charge in [0.1, 0.15) is 0 Å². The average Bonchev–Trinajstić information content (AvgIpc) is 2.69. The third-order valence-corrected chi connectivity index (χ3v) is 2.84. The van der Waals surface area contributed by atoms with Gasteiger partial charge in [0, 0.05) is 29.8 Å². The second-order valence-electron chi connectivity index (χ2n) is 3.67. The fourth-order valence-corrected chi connectivity index (χ4v) is 2.04. The van der Waals surface area contributed by atoms with E-state index >= 15 is 0 Å². The molecule has 0 bridgehead atoms. The van der Waals surface area contributed by atoms with E-state index in [4.69, 9.17) is 9.47 Å². The molecule has 0 aromatic heterocycles. The zero-order valence-corrected chi connectivity index (χ0v) is 10.5. The highest BCUT2D eigenvalue weighted by Gasteiger charge is 2.22. The summed E-state index contributed by atoms with van der Waals surface area (Å²) in [5, 5.41) is 0. The van der Waals surface area contributed by atoms with Crippen LogP contribution < -0.4 is 4.90 Å². The molecule has 1 heterocycles. The lowest BCUT2D eigenvalue weighted by Crippen LogP contribution is -2.13. The lowest BCUT2D eigenvalue weighted by atomic mass is 10.1. The van der Waals surface area contributed by atoms with E-state index < -0.39 is 0 Å². The summed E-state index contributed by atoms with van der Waals surface area (Å²) in [6, 6.07) is 6.13. The molecule has 82 valence electrons. The zero-order chi connectivity index (χ0) is 10.8. The van der Waals surface area contributed by atoms with Crippen LogP contribution in [0.4, 0.5) is 5.69 Å². The zero-order valence-electron chi connectivity index (χ0n) is 8.87. The molecule has 1 aromatic rings. The molecule has 1 fully saturated rings. The smallest absolute Gasteiger partial charge is 0.186 e. The Morgan fingerprint density at radius 1 is 1.27 bits per heavy atom. The highest BCUT2D eigenvalue weighted by Crippen LogP contribution is 2.33. The Morgan fingerprint density at radius 3 is 2.53 bits per heavy atom. The van der Waals surface area contributed by atoms with Gasteiger partial charge in [-0.15, -0.1) is 0 Å². The van der Waals surface area contributed by atoms with Crippen LogP contribution in [-0.4, -0.2) is 27.3 Å². The van der Waals surface area contributed by atoms with E-state index in [1.165, 1.54) is 0 Å². The van der Waals surface area contributed by atoms with Crippen molar-refractivity contribution in [2.45, 2.75) is 6.29 Å². The molecule has 0 atom stereocenters. The van der Waals surface area contributed by atoms with Crippen LogP contribution in [-0.2, 0) is 9.47 Å². The fraction of sp³-hybridized carbons (Fsp3) is 0.455. The van der Waals surface area contributed by atoms with E-state index in [9.17, 15) is 0 Å². The first-order valence-corrected chi connectivity index (χ1v) is 5.68. The summed E-state index contributed by atoms with van der Waals surface area (Å²) >= 11 is 3.46. The SMILES string of the molecule is CN(C)c1ccc(Br)cc1C1OCCO1. The molecular weight excluding hydrogens is 258 g/mol. The van der Waals surface area contributed by atoms with Crippen molar-refractivity contribution in [2.24, 2.45) is 0 Å². The molecule has 0 aliphatic carbocycles. The van der Waals surface area contributed by atoms with E-state index in [2.05, 4.69) is 26.9 Å². The first-order valence-electron chi connectivity index (χ1n) is 4.88. The molecule has 3 nitrogen and oxygen atoms in total. The van der Waals surface area contributed by atoms with Gasteiger partial charge in [-0.1, -0.05) is 15.9 Å². The number of hydrogen-bond donors (Lipinski definition) is 0. The summed E-state index contributed by atoms with van der Waals surface area (Å²) in [7, 11) is 4.03. The number of anilines is 1. The van der Waals surface area contributed by atoms with E-state index in [0.29, 0.717) is 13.2 Å². The van der Waals surface area contributed by atoms with Gasteiger partial charge >= 0.3 is 0 Å². The molecule has 2 rings (SSSR count). The number of ether oxygens (including phenoxy) is 2. The van der Waals surface area contributed by atoms with Crippen molar-refractivity contribution >= 4 is 21.6 Å². The molecule has 0 amide bonds. The van der Waals surface area contributed by atoms with E-state index in [0.717, 1.165) is 15.7 Å². The minimum atomic E-state index is -0.222. The standard InChI is InChI=1S/C11H14BrNO2/c1-13(2)10-4-3-8(12)7-9(10)11-14-5-6-15-11/h3-4,7,11H,5-6H2,1-2H3. The lowest BCUT2D eigenvalue weighted by Gasteiger charge is -2.20. The monoisotopic (exact) mass is 271 g/mol. The molecular formula is C11H14BrNO2. The Morgan fingerprint density at radius 2 is 1.93 bits per heavy atom. The van der Waals surface area contributed by atoms with E-state index in [1.54, 1.807) is 0 Å². The van der Waals surface area contributed by atoms with Crippen molar-refractivity contribution in [2.75, 3.05) is 32.2 Å². The van der Waals surface area contributed by atoms with Crippen LogP contribution in [0.25, 0.3) is 0 Å². The van der Waals surface area contributed by atoms with Crippen molar-refractivity contribution in [3.8, 4) is 0 Å². The summed E-state index contributed by atoms with van der Waals surface area (Å²) < 4.78 is 12.1. The molecule has 1 aliphatic heterocycles. The third kappa shape index (κ3) is 2.33. The van der Waals surface area contributed by atoms with Crippen molar-refractivity contribution in [1.29, 1.82) is 0 Å². The second kappa shape index (κ2) is 4.51. The molecule has 0 radical (unpaired) electrons. The van der Waals surface area contributed by atoms with Gasteiger partial charge in [0.15, 0.2) is 6.29 Å². The molecule has 15 heavy (non-hydrogen) atoms. The van der Waals surface area contributed by atoms with Gasteiger partial charge in [-0.2, -0.15) is 0 Å². The van der Waals surface area contributed by atoms with Crippen LogP contribution in [0.5, 0.6) is 0 Å². The molecule has 4 heteroatoms. The van der Waals surface area contributed by atoms with Crippen LogP contribution in [0.3, 0.4) is 0 Å². The average molecular weight is 272 g/mol. The number of halogens is 1. The van der Waals surface area contributed by atoms with Crippen molar-refractivity contribution in [3.63, 3.8) is 0 Å². The number of nitrogens with zero attached hydrogens (tertiary/aromatic N) is 1. The third-order valence-electron chi connectivity index (χ3n) is 2.35. The molecule has 1 aliphatic rings. The van der Waals surface area contributed by atoms with Crippen molar-refractivity contribution in [3.05, 3.63) is 28.2 Å². The molecule has 1 saturated heterocycles. The number of rotatable bonds is 2. The Balaban J connectivity index is 2.37. The second-order valence-corrected chi connectivity index (χ2v) is 4.59. The van der Waals surface area contributed by atoms with Crippen LogP contribution in [0, 0.1) is 0 Å². The van der Waals surface area contributed by atoms with Crippen LogP contribution >= 0.6 is 15.9 Å². The highest BCUT2D eigenvalue weighted by molar-refractivity contribution is 9.10. The van der Waals surface area contributed by atoms with E-state index in [1.807, 2.05) is 26.2 Å². The first-order chi connectivity index (χ1) is 7.18. The maximum atomic E-state index is 5.52. The molecule has 1 aromatic carbocycles. The summed E-state index contributed by atoms with van der Waals surface area (Å²) in [5.41, 5.74) is 2.21. The molecule has 0 spiro atoms. The predicted octanol–water partition coefficient (Wildman–Crippen LogP) is 2.56. The normalized spacial score (nSPS) is 17.0. The maximum absolute atomic E-state index is 5.52. The van der Waals surface area contributed by atoms with Crippen molar-refractivity contribution < 1.29 is 9.47 Å². The minimum absolute atomic E-state index is 0.222. The maximum Gasteiger partial charge on any atom is 0.186 e. The summed E-state index contributed by atoms with van der Waals surface area (Å²) in [4.78, 5) is 2.06. The lowest BCUT2D eigenvalue weighted by molar-refractivity contribution is -0.0437. The fourth-order valence-electron chi connectivity index (χ4n) is 1.66. The first kappa shape index (κ1) is 10.9. The van der Waals surface area contributed by atoms with Crippen molar-refractivity contribution in [1.82, 2.24) is 0 Å². The summed E-state index contributed by atoms with van der Waals surface area (Å²) in [6.45, 7) is 1.34. The van der Waals surface area contributed by atoms with Gasteiger partial charge in [0.2, 0.25) is 0 Å². The minimum Gasteiger partial charge on any atom is -0.377 e. The summed E-state index contributed by atoms with van der Waals surface area (Å²) in [6.07, 6.45) is -0.222. The van der Waals surface area contributed by atoms with Gasteiger partial charge < -0.3 is 14.4 Å². The molecule has 0 N–H and O–H groups in total. The largest absolute Gasteiger partial charge is 0.377 e. The number of hydrogen-bond acceptors (Lipinski definition) is 3. The quantitative estimate of drug-likeness (QED) is 0.826. The topological polar surface area (TPSA) is 21.7 Å². The van der Waals surface area contributed by atoms with Gasteiger partial charge in [0.05, 0.1) is 13.2 Å². The Hall–Kier alpha value is -0.580. The Bertz CT molecular complexity index is 348. The van der Waals surface area contributed by atoms with Crippen LogP contribution in [0.2, 0.25) is 0 Å². The molecule has 0 unspecified atom stereocenters.